The number of likely N-dealkylation sites (N-methyl/N-ethyl adjacent to an activating group) is 1. The summed E-state index contributed by atoms with van der Waals surface area (Å²) < 4.78 is 26.2. The molecule has 1 amide bonds. The predicted molar refractivity (Wildman–Crippen MR) is 217 cm³/mol. The highest BCUT2D eigenvalue weighted by Crippen LogP contribution is 2.61. The van der Waals surface area contributed by atoms with Crippen LogP contribution in [-0.2, 0) is 16.2 Å². The lowest BCUT2D eigenvalue weighted by molar-refractivity contribution is -0.384. The molecule has 6 atom stereocenters. The fraction of sp³-hybridized carbons (Fsp3) is 0.477. The number of carbonyl (C=O) groups is 1. The van der Waals surface area contributed by atoms with E-state index in [1.165, 1.54) is 29.2 Å². The van der Waals surface area contributed by atoms with Crippen LogP contribution >= 0.6 is 0 Å². The van der Waals surface area contributed by atoms with Gasteiger partial charge in [-0.25, -0.2) is 4.79 Å². The maximum atomic E-state index is 14.1. The highest BCUT2D eigenvalue weighted by atomic mass is 16.7. The van der Waals surface area contributed by atoms with Crippen molar-refractivity contribution in [2.24, 2.45) is 22.9 Å². The van der Waals surface area contributed by atoms with E-state index in [1.807, 2.05) is 50.2 Å². The predicted octanol–water partition coefficient (Wildman–Crippen LogP) is 7.66. The molecule has 2 heterocycles. The Morgan fingerprint density at radius 1 is 1.09 bits per heavy atom. The molecule has 58 heavy (non-hydrogen) atoms. The number of aliphatic hydroxyl groups excluding tert-OH is 2. The Bertz CT molecular complexity index is 1970. The molecule has 2 N–H and O–H groups in total. The largest absolute Gasteiger partial charge is 0.487 e. The van der Waals surface area contributed by atoms with Gasteiger partial charge in [-0.1, -0.05) is 36.2 Å². The minimum atomic E-state index is -1.47. The number of oxime groups is 1. The second kappa shape index (κ2) is 19.4. The SMILES string of the molecule is C=CCOC12Oc3ccc(OCc4cccc(C)n4)cc3C3C(CCCCO)C(CCCCO)C=C(C(=NOCC)CC1N(C)C(=O)Oc1ccc([N+](=O)[O-])cc1)C32. The highest BCUT2D eigenvalue weighted by Gasteiger charge is 2.65. The number of ether oxygens (including phenoxy) is 4. The molecule has 3 aromatic rings. The van der Waals surface area contributed by atoms with E-state index in [1.54, 1.807) is 13.1 Å². The minimum absolute atomic E-state index is 0.0338. The molecule has 14 nitrogen and oxygen atoms in total. The molecule has 3 aliphatic rings. The third-order valence-corrected chi connectivity index (χ3v) is 11.3. The van der Waals surface area contributed by atoms with Crippen molar-refractivity contribution in [1.82, 2.24) is 9.88 Å². The van der Waals surface area contributed by atoms with Crippen LogP contribution in [0.2, 0.25) is 0 Å². The summed E-state index contributed by atoms with van der Waals surface area (Å²) in [6, 6.07) is 16.1. The molecule has 6 unspecified atom stereocenters. The lowest BCUT2D eigenvalue weighted by Crippen LogP contribution is -2.69. The van der Waals surface area contributed by atoms with E-state index in [0.717, 1.165) is 48.2 Å². The number of carbonyl (C=O) groups excluding carboxylic acids is 1. The average molecular weight is 799 g/mol. The molecule has 1 aliphatic heterocycles. The van der Waals surface area contributed by atoms with Gasteiger partial charge >= 0.3 is 6.09 Å². The summed E-state index contributed by atoms with van der Waals surface area (Å²) in [5.74, 6) is -0.740. The third kappa shape index (κ3) is 9.19. The second-order valence-electron chi connectivity index (χ2n) is 15.0. The Morgan fingerprint density at radius 3 is 2.52 bits per heavy atom. The van der Waals surface area contributed by atoms with E-state index < -0.39 is 28.8 Å². The van der Waals surface area contributed by atoms with E-state index in [-0.39, 0.29) is 62.0 Å². The highest BCUT2D eigenvalue weighted by molar-refractivity contribution is 6.03. The van der Waals surface area contributed by atoms with Gasteiger partial charge in [-0.2, -0.15) is 0 Å². The minimum Gasteiger partial charge on any atom is -0.487 e. The van der Waals surface area contributed by atoms with E-state index in [0.29, 0.717) is 36.7 Å². The fourth-order valence-electron chi connectivity index (χ4n) is 8.73. The maximum absolute atomic E-state index is 14.1. The number of allylic oxidation sites excluding steroid dienone is 1. The molecular formula is C44H54N4O10. The summed E-state index contributed by atoms with van der Waals surface area (Å²) in [6.07, 6.45) is 7.88. The van der Waals surface area contributed by atoms with Crippen molar-refractivity contribution < 1.29 is 43.7 Å². The van der Waals surface area contributed by atoms with Crippen LogP contribution in [0.15, 0.2) is 90.1 Å². The maximum Gasteiger partial charge on any atom is 0.415 e. The van der Waals surface area contributed by atoms with Gasteiger partial charge in [0.1, 0.15) is 36.5 Å². The number of hydrogen-bond acceptors (Lipinski definition) is 12. The van der Waals surface area contributed by atoms with Crippen LogP contribution < -0.4 is 14.2 Å². The third-order valence-electron chi connectivity index (χ3n) is 11.3. The first-order chi connectivity index (χ1) is 28.1. The number of non-ortho nitro benzene ring substituents is 1. The Morgan fingerprint density at radius 2 is 1.83 bits per heavy atom. The zero-order valence-corrected chi connectivity index (χ0v) is 33.5. The Labute approximate surface area is 339 Å². The lowest BCUT2D eigenvalue weighted by atomic mass is 9.55. The Balaban J connectivity index is 1.50. The summed E-state index contributed by atoms with van der Waals surface area (Å²) >= 11 is 0. The standard InChI is InChI=1S/C44H54N4O10/c1-5-24-55-44-40(47(4)43(51)57-33-18-16-32(17-19-33)48(52)53)27-38(46-56-6-2)36-25-30(13-7-9-22-49)35(15-8-10-23-50)41(42(36)44)37-26-34(20-21-39(37)58-44)54-28-31-14-11-12-29(3)45-31/h5,11-12,14,16-21,25-26,30,35,40-42,49-50H,1,6-10,13,15,22-24,27-28H2,2-4H3. The molecule has 0 bridgehead atoms. The van der Waals surface area contributed by atoms with Crippen LogP contribution in [0.5, 0.6) is 17.2 Å². The number of nitro groups is 1. The molecule has 1 saturated carbocycles. The van der Waals surface area contributed by atoms with Gasteiger partial charge in [-0.3, -0.25) is 15.1 Å². The van der Waals surface area contributed by atoms with Crippen molar-refractivity contribution in [2.75, 3.05) is 33.5 Å². The number of nitrogens with zero attached hydrogens (tertiary/aromatic N) is 4. The van der Waals surface area contributed by atoms with Crippen molar-refractivity contribution >= 4 is 17.5 Å². The van der Waals surface area contributed by atoms with Crippen LogP contribution in [0.25, 0.3) is 0 Å². The van der Waals surface area contributed by atoms with Gasteiger partial charge in [-0.05, 0) is 99.4 Å². The smallest absolute Gasteiger partial charge is 0.415 e. The first kappa shape index (κ1) is 42.3. The number of amides is 1. The Hall–Kier alpha value is -5.31. The monoisotopic (exact) mass is 798 g/mol. The number of rotatable bonds is 19. The summed E-state index contributed by atoms with van der Waals surface area (Å²) in [5.41, 5.74) is 4.06. The fourth-order valence-corrected chi connectivity index (χ4v) is 8.73. The van der Waals surface area contributed by atoms with Crippen molar-refractivity contribution in [2.45, 2.75) is 83.1 Å². The van der Waals surface area contributed by atoms with Crippen LogP contribution in [0.4, 0.5) is 10.5 Å². The topological polar surface area (TPSA) is 175 Å². The van der Waals surface area contributed by atoms with Gasteiger partial charge in [-0.15, -0.1) is 6.58 Å². The summed E-state index contributed by atoms with van der Waals surface area (Å²) in [4.78, 5) is 36.7. The van der Waals surface area contributed by atoms with E-state index in [9.17, 15) is 25.1 Å². The number of aromatic nitrogens is 1. The van der Waals surface area contributed by atoms with E-state index >= 15 is 0 Å². The van der Waals surface area contributed by atoms with Crippen molar-refractivity contribution in [3.05, 3.63) is 112 Å². The molecule has 14 heteroatoms. The first-order valence-electron chi connectivity index (χ1n) is 20.1. The molecule has 1 aromatic heterocycles. The van der Waals surface area contributed by atoms with Gasteiger partial charge in [0, 0.05) is 56.0 Å². The van der Waals surface area contributed by atoms with E-state index in [4.69, 9.17) is 23.8 Å². The second-order valence-corrected chi connectivity index (χ2v) is 15.0. The number of hydrogen-bond donors (Lipinski definition) is 2. The first-order valence-corrected chi connectivity index (χ1v) is 20.1. The summed E-state index contributed by atoms with van der Waals surface area (Å²) in [5, 5.41) is 35.6. The van der Waals surface area contributed by atoms with Crippen molar-refractivity contribution in [1.29, 1.82) is 0 Å². The molecule has 310 valence electrons. The molecule has 1 fully saturated rings. The average Bonchev–Trinajstić information content (AvgIpc) is 3.22. The van der Waals surface area contributed by atoms with Gasteiger partial charge in [0.15, 0.2) is 0 Å². The molecule has 2 aliphatic carbocycles. The zero-order chi connectivity index (χ0) is 41.2. The molecular weight excluding hydrogens is 745 g/mol. The number of nitro benzene ring substituents is 1. The van der Waals surface area contributed by atoms with Gasteiger partial charge in [0.05, 0.1) is 28.9 Å². The van der Waals surface area contributed by atoms with Gasteiger partial charge < -0.3 is 38.9 Å². The zero-order valence-electron chi connectivity index (χ0n) is 33.5. The molecule has 2 aromatic carbocycles. The number of aliphatic hydroxyl groups is 2. The van der Waals surface area contributed by atoms with Gasteiger partial charge in [0.25, 0.3) is 5.69 Å². The van der Waals surface area contributed by atoms with Crippen molar-refractivity contribution in [3.63, 3.8) is 0 Å². The normalized spacial score (nSPS) is 23.8. The lowest BCUT2D eigenvalue weighted by Gasteiger charge is -2.59. The van der Waals surface area contributed by atoms with Crippen LogP contribution in [-0.4, -0.2) is 82.1 Å². The Kier molecular flexibility index (Phi) is 14.2. The molecule has 0 saturated heterocycles. The van der Waals surface area contributed by atoms with Crippen LogP contribution in [0, 0.1) is 34.8 Å². The summed E-state index contributed by atoms with van der Waals surface area (Å²) in [7, 11) is 1.62. The molecule has 0 radical (unpaired) electrons. The van der Waals surface area contributed by atoms with Crippen LogP contribution in [0.1, 0.15) is 74.7 Å². The van der Waals surface area contributed by atoms with E-state index in [2.05, 4.69) is 22.8 Å². The molecule has 6 rings (SSSR count). The van der Waals surface area contributed by atoms with Gasteiger partial charge in [0.2, 0.25) is 5.79 Å². The quantitative estimate of drug-likeness (QED) is 0.0527. The van der Waals surface area contributed by atoms with Crippen molar-refractivity contribution in [3.8, 4) is 17.2 Å². The number of aryl methyl sites for hydroxylation is 1. The number of fused-ring (bicyclic) bond motifs is 2. The molecule has 0 spiro atoms. The number of benzene rings is 2. The number of unbranched alkanes of at least 4 members (excludes halogenated alkanes) is 2. The summed E-state index contributed by atoms with van der Waals surface area (Å²) in [6.45, 7) is 8.62. The van der Waals surface area contributed by atoms with Crippen LogP contribution in [0.3, 0.4) is 0 Å². The number of pyridine rings is 1.